The number of carbonyl (C=O) groups excluding carboxylic acids is 2. The monoisotopic (exact) mass is 401 g/mol. The topological polar surface area (TPSA) is 61.4 Å². The van der Waals surface area contributed by atoms with Crippen LogP contribution in [0.3, 0.4) is 0 Å². The van der Waals surface area contributed by atoms with E-state index in [-0.39, 0.29) is 24.4 Å². The molecule has 1 unspecified atom stereocenters. The lowest BCUT2D eigenvalue weighted by Crippen LogP contribution is -2.50. The van der Waals surface area contributed by atoms with Crippen LogP contribution in [0.2, 0.25) is 0 Å². The van der Waals surface area contributed by atoms with Crippen LogP contribution in [0.15, 0.2) is 48.5 Å². The molecule has 1 atom stereocenters. The number of amides is 3. The van der Waals surface area contributed by atoms with Crippen LogP contribution in [0.4, 0.5) is 19.3 Å². The van der Waals surface area contributed by atoms with E-state index in [2.05, 4.69) is 10.6 Å². The number of likely N-dealkylation sites (tertiary alicyclic amines) is 1. The first kappa shape index (κ1) is 20.8. The highest BCUT2D eigenvalue weighted by molar-refractivity contribution is 5.89. The van der Waals surface area contributed by atoms with Gasteiger partial charge in [-0.25, -0.2) is 13.6 Å². The highest BCUT2D eigenvalue weighted by Gasteiger charge is 2.26. The summed E-state index contributed by atoms with van der Waals surface area (Å²) < 4.78 is 26.4. The van der Waals surface area contributed by atoms with Crippen LogP contribution in [0.1, 0.15) is 31.2 Å². The van der Waals surface area contributed by atoms with E-state index < -0.39 is 11.6 Å². The lowest BCUT2D eigenvalue weighted by Gasteiger charge is -2.36. The maximum Gasteiger partial charge on any atom is 0.319 e. The van der Waals surface area contributed by atoms with Crippen molar-refractivity contribution in [1.82, 2.24) is 10.2 Å². The molecule has 0 spiro atoms. The molecule has 3 rings (SSSR count). The average Bonchev–Trinajstić information content (AvgIpc) is 2.74. The van der Waals surface area contributed by atoms with Gasteiger partial charge in [0.05, 0.1) is 0 Å². The van der Waals surface area contributed by atoms with Crippen molar-refractivity contribution in [2.45, 2.75) is 38.1 Å². The summed E-state index contributed by atoms with van der Waals surface area (Å²) in [5, 5.41) is 5.60. The zero-order valence-corrected chi connectivity index (χ0v) is 16.2. The predicted molar refractivity (Wildman–Crippen MR) is 107 cm³/mol. The van der Waals surface area contributed by atoms with Crippen LogP contribution in [-0.4, -0.2) is 36.0 Å². The molecule has 1 aliphatic rings. The number of hydrogen-bond donors (Lipinski definition) is 2. The number of benzene rings is 2. The van der Waals surface area contributed by atoms with Gasteiger partial charge in [0, 0.05) is 31.2 Å². The molecule has 7 heteroatoms. The van der Waals surface area contributed by atoms with E-state index in [1.165, 1.54) is 6.07 Å². The van der Waals surface area contributed by atoms with E-state index in [0.717, 1.165) is 31.4 Å². The summed E-state index contributed by atoms with van der Waals surface area (Å²) in [5.74, 6) is -1.83. The molecule has 1 heterocycles. The van der Waals surface area contributed by atoms with Gasteiger partial charge in [-0.05, 0) is 55.5 Å². The SMILES string of the molecule is O=C(NCC1CCCCN1C(=O)CCc1ccc(F)c(F)c1)Nc1ccccc1. The third-order valence-corrected chi connectivity index (χ3v) is 5.09. The maximum absolute atomic E-state index is 13.3. The molecule has 1 fully saturated rings. The molecule has 3 amide bonds. The minimum Gasteiger partial charge on any atom is -0.338 e. The second-order valence-corrected chi connectivity index (χ2v) is 7.19. The maximum atomic E-state index is 13.3. The molecule has 2 aromatic carbocycles. The lowest BCUT2D eigenvalue weighted by atomic mass is 10.0. The number of rotatable bonds is 6. The fourth-order valence-electron chi connectivity index (χ4n) is 3.54. The average molecular weight is 401 g/mol. The van der Waals surface area contributed by atoms with Gasteiger partial charge in [0.15, 0.2) is 11.6 Å². The summed E-state index contributed by atoms with van der Waals surface area (Å²) in [4.78, 5) is 26.6. The van der Waals surface area contributed by atoms with Crippen LogP contribution in [0.25, 0.3) is 0 Å². The van der Waals surface area contributed by atoms with E-state index in [1.807, 2.05) is 18.2 Å². The Balaban J connectivity index is 1.50. The first-order chi connectivity index (χ1) is 14.0. The molecular formula is C22H25F2N3O2. The highest BCUT2D eigenvalue weighted by atomic mass is 19.2. The van der Waals surface area contributed by atoms with Crippen molar-refractivity contribution in [3.8, 4) is 0 Å². The van der Waals surface area contributed by atoms with Crippen LogP contribution < -0.4 is 10.6 Å². The molecule has 2 N–H and O–H groups in total. The fraction of sp³-hybridized carbons (Fsp3) is 0.364. The van der Waals surface area contributed by atoms with Crippen LogP contribution in [0, 0.1) is 11.6 Å². The van der Waals surface area contributed by atoms with Gasteiger partial charge in [-0.15, -0.1) is 0 Å². The van der Waals surface area contributed by atoms with E-state index in [0.29, 0.717) is 30.8 Å². The molecule has 0 bridgehead atoms. The number of halogens is 2. The molecule has 0 aromatic heterocycles. The van der Waals surface area contributed by atoms with Crippen molar-refractivity contribution >= 4 is 17.6 Å². The number of nitrogens with zero attached hydrogens (tertiary/aromatic N) is 1. The molecule has 1 saturated heterocycles. The van der Waals surface area contributed by atoms with Crippen LogP contribution in [0.5, 0.6) is 0 Å². The number of hydrogen-bond acceptors (Lipinski definition) is 2. The lowest BCUT2D eigenvalue weighted by molar-refractivity contribution is -0.134. The van der Waals surface area contributed by atoms with Crippen molar-refractivity contribution in [1.29, 1.82) is 0 Å². The molecule has 5 nitrogen and oxygen atoms in total. The largest absolute Gasteiger partial charge is 0.338 e. The Morgan fingerprint density at radius 3 is 2.59 bits per heavy atom. The summed E-state index contributed by atoms with van der Waals surface area (Å²) in [6, 6.07) is 12.5. The van der Waals surface area contributed by atoms with Gasteiger partial charge in [-0.1, -0.05) is 24.3 Å². The van der Waals surface area contributed by atoms with E-state index in [9.17, 15) is 18.4 Å². The molecule has 154 valence electrons. The number of para-hydroxylation sites is 1. The Hall–Kier alpha value is -2.96. The van der Waals surface area contributed by atoms with E-state index >= 15 is 0 Å². The molecular weight excluding hydrogens is 376 g/mol. The number of urea groups is 1. The summed E-state index contributed by atoms with van der Waals surface area (Å²) in [7, 11) is 0. The van der Waals surface area contributed by atoms with Gasteiger partial charge in [0.1, 0.15) is 0 Å². The normalized spacial score (nSPS) is 16.3. The minimum atomic E-state index is -0.903. The highest BCUT2D eigenvalue weighted by Crippen LogP contribution is 2.19. The Labute approximate surface area is 169 Å². The summed E-state index contributed by atoms with van der Waals surface area (Å²) in [5.41, 5.74) is 1.29. The number of anilines is 1. The first-order valence-electron chi connectivity index (χ1n) is 9.86. The Kier molecular flexibility index (Phi) is 7.16. The van der Waals surface area contributed by atoms with Gasteiger partial charge in [-0.2, -0.15) is 0 Å². The minimum absolute atomic E-state index is 0.0373. The Morgan fingerprint density at radius 2 is 1.83 bits per heavy atom. The molecule has 1 aliphatic heterocycles. The Bertz CT molecular complexity index is 845. The van der Waals surface area contributed by atoms with Gasteiger partial charge >= 0.3 is 6.03 Å². The van der Waals surface area contributed by atoms with Gasteiger partial charge < -0.3 is 15.5 Å². The third-order valence-electron chi connectivity index (χ3n) is 5.09. The smallest absolute Gasteiger partial charge is 0.319 e. The molecule has 0 radical (unpaired) electrons. The van der Waals surface area contributed by atoms with E-state index in [4.69, 9.17) is 0 Å². The summed E-state index contributed by atoms with van der Waals surface area (Å²) >= 11 is 0. The number of nitrogens with one attached hydrogen (secondary N) is 2. The summed E-state index contributed by atoms with van der Waals surface area (Å²) in [6.07, 6.45) is 3.31. The van der Waals surface area contributed by atoms with Crippen molar-refractivity contribution in [2.24, 2.45) is 0 Å². The quantitative estimate of drug-likeness (QED) is 0.766. The Morgan fingerprint density at radius 1 is 1.03 bits per heavy atom. The molecule has 2 aromatic rings. The van der Waals surface area contributed by atoms with Crippen molar-refractivity contribution in [3.05, 3.63) is 65.7 Å². The van der Waals surface area contributed by atoms with Crippen molar-refractivity contribution in [3.63, 3.8) is 0 Å². The van der Waals surface area contributed by atoms with Crippen LogP contribution >= 0.6 is 0 Å². The first-order valence-corrected chi connectivity index (χ1v) is 9.86. The molecule has 0 saturated carbocycles. The number of aryl methyl sites for hydroxylation is 1. The second-order valence-electron chi connectivity index (χ2n) is 7.19. The van der Waals surface area contributed by atoms with Gasteiger partial charge in [0.25, 0.3) is 0 Å². The molecule has 29 heavy (non-hydrogen) atoms. The predicted octanol–water partition coefficient (Wildman–Crippen LogP) is 4.10. The van der Waals surface area contributed by atoms with Gasteiger partial charge in [0.2, 0.25) is 5.91 Å². The number of piperidine rings is 1. The zero-order valence-electron chi connectivity index (χ0n) is 16.2. The van der Waals surface area contributed by atoms with Gasteiger partial charge in [-0.3, -0.25) is 4.79 Å². The van der Waals surface area contributed by atoms with Crippen molar-refractivity contribution in [2.75, 3.05) is 18.4 Å². The summed E-state index contributed by atoms with van der Waals surface area (Å²) in [6.45, 7) is 1.01. The fourth-order valence-corrected chi connectivity index (χ4v) is 3.54. The zero-order chi connectivity index (χ0) is 20.6. The standard InChI is InChI=1S/C22H25F2N3O2/c23-19-11-9-16(14-20(19)24)10-12-21(28)27-13-5-4-8-18(27)15-25-22(29)26-17-6-2-1-3-7-17/h1-3,6-7,9,11,14,18H,4-5,8,10,12-13,15H2,(H2,25,26,29). The van der Waals surface area contributed by atoms with E-state index in [1.54, 1.807) is 17.0 Å². The number of carbonyl (C=O) groups is 2. The third kappa shape index (κ3) is 6.01. The van der Waals surface area contributed by atoms with Crippen LogP contribution in [-0.2, 0) is 11.2 Å². The second kappa shape index (κ2) is 10.0. The molecule has 0 aliphatic carbocycles. The van der Waals surface area contributed by atoms with Crippen molar-refractivity contribution < 1.29 is 18.4 Å².